The van der Waals surface area contributed by atoms with E-state index in [0.29, 0.717) is 26.1 Å². The van der Waals surface area contributed by atoms with Crippen LogP contribution in [0.15, 0.2) is 0 Å². The number of likely N-dealkylation sites (tertiary alicyclic amines) is 1. The van der Waals surface area contributed by atoms with Gasteiger partial charge < -0.3 is 9.84 Å². The van der Waals surface area contributed by atoms with Crippen LogP contribution in [0.1, 0.15) is 19.8 Å². The minimum absolute atomic E-state index is 0.179. The summed E-state index contributed by atoms with van der Waals surface area (Å²) in [7, 11) is 0. The van der Waals surface area contributed by atoms with Crippen molar-refractivity contribution < 1.29 is 27.8 Å². The van der Waals surface area contributed by atoms with E-state index >= 15 is 0 Å². The Labute approximate surface area is 103 Å². The van der Waals surface area contributed by atoms with Gasteiger partial charge in [-0.15, -0.1) is 0 Å². The smallest absolute Gasteiger partial charge is 0.417 e. The van der Waals surface area contributed by atoms with Crippen molar-refractivity contribution in [2.45, 2.75) is 31.5 Å². The molecule has 2 aliphatic heterocycles. The number of aliphatic carboxylic acids is 1. The zero-order valence-corrected chi connectivity index (χ0v) is 10.1. The summed E-state index contributed by atoms with van der Waals surface area (Å²) < 4.78 is 44.0. The summed E-state index contributed by atoms with van der Waals surface area (Å²) in [5.41, 5.74) is -2.96. The lowest BCUT2D eigenvalue weighted by atomic mass is 9.71. The number of carboxylic acid groups (broad SMARTS) is 1. The molecule has 2 saturated heterocycles. The molecule has 18 heavy (non-hydrogen) atoms. The number of ether oxygens (including phenoxy) is 1. The van der Waals surface area contributed by atoms with E-state index in [-0.39, 0.29) is 18.5 Å². The Balaban J connectivity index is 2.11. The average molecular weight is 267 g/mol. The fourth-order valence-electron chi connectivity index (χ4n) is 2.64. The highest BCUT2D eigenvalue weighted by Gasteiger charge is 2.65. The van der Waals surface area contributed by atoms with Gasteiger partial charge in [-0.25, -0.2) is 4.79 Å². The van der Waals surface area contributed by atoms with Crippen molar-refractivity contribution in [1.82, 2.24) is 4.90 Å². The van der Waals surface area contributed by atoms with Crippen molar-refractivity contribution in [3.63, 3.8) is 0 Å². The van der Waals surface area contributed by atoms with Gasteiger partial charge in [0.05, 0.1) is 0 Å². The molecule has 0 bridgehead atoms. The molecule has 0 aromatic heterocycles. The molecule has 7 heteroatoms. The predicted octanol–water partition coefficient (Wildman–Crippen LogP) is 1.50. The van der Waals surface area contributed by atoms with Crippen LogP contribution in [-0.4, -0.2) is 54.0 Å². The molecule has 4 nitrogen and oxygen atoms in total. The maximum Gasteiger partial charge on any atom is 0.417 e. The van der Waals surface area contributed by atoms with Crippen LogP contribution in [0.2, 0.25) is 0 Å². The first-order valence-corrected chi connectivity index (χ1v) is 5.84. The molecule has 104 valence electrons. The van der Waals surface area contributed by atoms with E-state index in [1.165, 1.54) is 0 Å². The van der Waals surface area contributed by atoms with Gasteiger partial charge in [0, 0.05) is 31.7 Å². The highest BCUT2D eigenvalue weighted by molar-refractivity contribution is 5.79. The van der Waals surface area contributed by atoms with Crippen LogP contribution in [-0.2, 0) is 9.53 Å². The number of hydrogen-bond donors (Lipinski definition) is 1. The van der Waals surface area contributed by atoms with Gasteiger partial charge in [-0.1, -0.05) is 0 Å². The van der Waals surface area contributed by atoms with E-state index in [1.54, 1.807) is 0 Å². The largest absolute Gasteiger partial charge is 0.480 e. The normalized spacial score (nSPS) is 27.6. The van der Waals surface area contributed by atoms with E-state index in [9.17, 15) is 18.0 Å². The maximum atomic E-state index is 12.9. The summed E-state index contributed by atoms with van der Waals surface area (Å²) in [5, 5.41) is 8.90. The fourth-order valence-corrected chi connectivity index (χ4v) is 2.64. The Kier molecular flexibility index (Phi) is 3.09. The first-order chi connectivity index (χ1) is 8.21. The standard InChI is InChI=1S/C11H16F3NO3/c1-9(8(16)17,11(12,13)14)15-6-10(7-15)2-4-18-5-3-10/h2-7H2,1H3,(H,16,17). The number of nitrogens with zero attached hydrogens (tertiary/aromatic N) is 1. The fraction of sp³-hybridized carbons (Fsp3) is 0.909. The minimum atomic E-state index is -4.77. The van der Waals surface area contributed by atoms with Gasteiger partial charge in [0.25, 0.3) is 0 Å². The molecular weight excluding hydrogens is 251 g/mol. The van der Waals surface area contributed by atoms with Crippen LogP contribution in [0, 0.1) is 5.41 Å². The van der Waals surface area contributed by atoms with Crippen LogP contribution in [0.3, 0.4) is 0 Å². The second-order valence-corrected chi connectivity index (χ2v) is 5.34. The lowest BCUT2D eigenvalue weighted by Crippen LogP contribution is -2.72. The van der Waals surface area contributed by atoms with Crippen LogP contribution in [0.25, 0.3) is 0 Å². The molecule has 0 aromatic carbocycles. The summed E-state index contributed by atoms with van der Waals surface area (Å²) in [6, 6.07) is 0. The zero-order chi connectivity index (χ0) is 13.6. The Morgan fingerprint density at radius 1 is 1.28 bits per heavy atom. The molecule has 1 N–H and O–H groups in total. The molecule has 2 aliphatic rings. The van der Waals surface area contributed by atoms with Crippen LogP contribution >= 0.6 is 0 Å². The summed E-state index contributed by atoms with van der Waals surface area (Å²) in [6.45, 7) is 2.19. The van der Waals surface area contributed by atoms with Crippen molar-refractivity contribution >= 4 is 5.97 Å². The van der Waals surface area contributed by atoms with E-state index < -0.39 is 17.7 Å². The van der Waals surface area contributed by atoms with Gasteiger partial charge in [-0.3, -0.25) is 4.90 Å². The molecule has 0 saturated carbocycles. The predicted molar refractivity (Wildman–Crippen MR) is 56.2 cm³/mol. The number of halogens is 3. The molecule has 0 aliphatic carbocycles. The van der Waals surface area contributed by atoms with E-state index in [0.717, 1.165) is 11.8 Å². The summed E-state index contributed by atoms with van der Waals surface area (Å²) in [4.78, 5) is 12.0. The van der Waals surface area contributed by atoms with Gasteiger partial charge >= 0.3 is 12.1 Å². The average Bonchev–Trinajstić information content (AvgIpc) is 2.24. The summed E-state index contributed by atoms with van der Waals surface area (Å²) >= 11 is 0. The lowest BCUT2D eigenvalue weighted by molar-refractivity contribution is -0.259. The van der Waals surface area contributed by atoms with Gasteiger partial charge in [-0.05, 0) is 19.8 Å². The van der Waals surface area contributed by atoms with Crippen LogP contribution in [0.4, 0.5) is 13.2 Å². The van der Waals surface area contributed by atoms with Crippen molar-refractivity contribution in [3.05, 3.63) is 0 Å². The third-order valence-corrected chi connectivity index (χ3v) is 4.21. The SMILES string of the molecule is CC(C(=O)O)(N1CC2(CCOCC2)C1)C(F)(F)F. The number of carboxylic acids is 1. The molecule has 1 atom stereocenters. The molecule has 0 radical (unpaired) electrons. The van der Waals surface area contributed by atoms with Gasteiger partial charge in [0.2, 0.25) is 5.54 Å². The number of rotatable bonds is 2. The van der Waals surface area contributed by atoms with Gasteiger partial charge in [0.1, 0.15) is 0 Å². The molecule has 1 spiro atoms. The van der Waals surface area contributed by atoms with Crippen molar-refractivity contribution in [2.24, 2.45) is 5.41 Å². The maximum absolute atomic E-state index is 12.9. The summed E-state index contributed by atoms with van der Waals surface area (Å²) in [5.74, 6) is -1.84. The zero-order valence-electron chi connectivity index (χ0n) is 10.1. The highest BCUT2D eigenvalue weighted by Crippen LogP contribution is 2.47. The third-order valence-electron chi connectivity index (χ3n) is 4.21. The Morgan fingerprint density at radius 2 is 1.78 bits per heavy atom. The number of alkyl halides is 3. The number of carbonyl (C=O) groups is 1. The van der Waals surface area contributed by atoms with Gasteiger partial charge in [0.15, 0.2) is 0 Å². The molecule has 0 aromatic rings. The molecule has 1 unspecified atom stereocenters. The topological polar surface area (TPSA) is 49.8 Å². The molecule has 2 heterocycles. The third kappa shape index (κ3) is 1.89. The van der Waals surface area contributed by atoms with Crippen LogP contribution < -0.4 is 0 Å². The molecule has 2 rings (SSSR count). The Morgan fingerprint density at radius 3 is 2.17 bits per heavy atom. The van der Waals surface area contributed by atoms with E-state index in [4.69, 9.17) is 9.84 Å². The summed E-state index contributed by atoms with van der Waals surface area (Å²) in [6.07, 6.45) is -3.36. The Hall–Kier alpha value is -0.820. The van der Waals surface area contributed by atoms with Crippen molar-refractivity contribution in [1.29, 1.82) is 0 Å². The van der Waals surface area contributed by atoms with E-state index in [2.05, 4.69) is 0 Å². The molecule has 0 amide bonds. The molecule has 2 fully saturated rings. The second kappa shape index (κ2) is 4.09. The highest BCUT2D eigenvalue weighted by atomic mass is 19.4. The quantitative estimate of drug-likeness (QED) is 0.824. The first kappa shape index (κ1) is 13.6. The number of hydrogen-bond acceptors (Lipinski definition) is 3. The Bertz CT molecular complexity index is 344. The monoisotopic (exact) mass is 267 g/mol. The first-order valence-electron chi connectivity index (χ1n) is 5.84. The van der Waals surface area contributed by atoms with Crippen molar-refractivity contribution in [3.8, 4) is 0 Å². The molecular formula is C11H16F3NO3. The second-order valence-electron chi connectivity index (χ2n) is 5.34. The van der Waals surface area contributed by atoms with Crippen molar-refractivity contribution in [2.75, 3.05) is 26.3 Å². The minimum Gasteiger partial charge on any atom is -0.480 e. The lowest BCUT2D eigenvalue weighted by Gasteiger charge is -2.57. The van der Waals surface area contributed by atoms with Gasteiger partial charge in [-0.2, -0.15) is 13.2 Å². The van der Waals surface area contributed by atoms with Crippen LogP contribution in [0.5, 0.6) is 0 Å². The van der Waals surface area contributed by atoms with E-state index in [1.807, 2.05) is 0 Å².